The maximum Gasteiger partial charge on any atom is 0.224 e. The van der Waals surface area contributed by atoms with Crippen molar-refractivity contribution in [3.8, 4) is 0 Å². The van der Waals surface area contributed by atoms with Gasteiger partial charge in [-0.2, -0.15) is 0 Å². The Morgan fingerprint density at radius 3 is 2.90 bits per heavy atom. The zero-order valence-corrected chi connectivity index (χ0v) is 13.2. The predicted molar refractivity (Wildman–Crippen MR) is 83.4 cm³/mol. The number of likely N-dealkylation sites (tertiary alicyclic amines) is 1. The van der Waals surface area contributed by atoms with Gasteiger partial charge in [-0.05, 0) is 43.6 Å². The van der Waals surface area contributed by atoms with Crippen molar-refractivity contribution in [2.75, 3.05) is 19.6 Å². The normalized spacial score (nSPS) is 19.2. The first-order valence-corrected chi connectivity index (χ1v) is 7.80. The van der Waals surface area contributed by atoms with Crippen molar-refractivity contribution in [1.82, 2.24) is 10.2 Å². The number of likely N-dealkylation sites (N-methyl/N-ethyl adjacent to an activating group) is 1. The third-order valence-electron chi connectivity index (χ3n) is 3.79. The van der Waals surface area contributed by atoms with Crippen LogP contribution in [0.5, 0.6) is 0 Å². The molecule has 1 aliphatic rings. The number of amides is 1. The minimum Gasteiger partial charge on any atom is -0.354 e. The van der Waals surface area contributed by atoms with E-state index in [0.717, 1.165) is 25.2 Å². The Bertz CT molecular complexity index is 479. The minimum absolute atomic E-state index is 0.0337. The maximum atomic E-state index is 12.0. The minimum atomic E-state index is 0.0337. The summed E-state index contributed by atoms with van der Waals surface area (Å²) >= 11 is 11.8. The van der Waals surface area contributed by atoms with Gasteiger partial charge in [-0.1, -0.05) is 36.2 Å². The number of benzene rings is 1. The first-order valence-electron chi connectivity index (χ1n) is 7.05. The number of carbonyl (C=O) groups is 1. The summed E-state index contributed by atoms with van der Waals surface area (Å²) in [6.45, 7) is 5.08. The van der Waals surface area contributed by atoms with Gasteiger partial charge in [0.15, 0.2) is 0 Å². The molecule has 1 fully saturated rings. The number of rotatable bonds is 5. The van der Waals surface area contributed by atoms with Crippen LogP contribution < -0.4 is 5.32 Å². The van der Waals surface area contributed by atoms with E-state index < -0.39 is 0 Å². The Labute approximate surface area is 130 Å². The molecular formula is C15H20Cl2N2O. The molecule has 1 aromatic carbocycles. The standard InChI is InChI=1S/C15H20Cl2N2O/c1-2-19-7-3-4-12(19)10-18-15(20)9-11-5-6-13(16)14(17)8-11/h5-6,8,12H,2-4,7,9-10H2,1H3,(H,18,20). The van der Waals surface area contributed by atoms with Crippen LogP contribution in [-0.2, 0) is 11.2 Å². The van der Waals surface area contributed by atoms with E-state index in [1.807, 2.05) is 6.07 Å². The van der Waals surface area contributed by atoms with Gasteiger partial charge in [-0.25, -0.2) is 0 Å². The van der Waals surface area contributed by atoms with Crippen molar-refractivity contribution in [1.29, 1.82) is 0 Å². The Balaban J connectivity index is 1.81. The number of nitrogens with one attached hydrogen (secondary N) is 1. The zero-order valence-electron chi connectivity index (χ0n) is 11.7. The van der Waals surface area contributed by atoms with Crippen molar-refractivity contribution in [2.24, 2.45) is 0 Å². The monoisotopic (exact) mass is 314 g/mol. The molecule has 0 spiro atoms. The van der Waals surface area contributed by atoms with Crippen LogP contribution in [-0.4, -0.2) is 36.5 Å². The van der Waals surface area contributed by atoms with E-state index in [1.54, 1.807) is 12.1 Å². The topological polar surface area (TPSA) is 32.3 Å². The van der Waals surface area contributed by atoms with Crippen molar-refractivity contribution < 1.29 is 4.79 Å². The molecule has 110 valence electrons. The fourth-order valence-electron chi connectivity index (χ4n) is 2.67. The third kappa shape index (κ3) is 4.11. The summed E-state index contributed by atoms with van der Waals surface area (Å²) in [5.74, 6) is 0.0337. The van der Waals surface area contributed by atoms with E-state index in [2.05, 4.69) is 17.1 Å². The number of hydrogen-bond acceptors (Lipinski definition) is 2. The lowest BCUT2D eigenvalue weighted by atomic mass is 10.1. The molecule has 1 heterocycles. The van der Waals surface area contributed by atoms with Gasteiger partial charge in [-0.15, -0.1) is 0 Å². The number of halogens is 2. The van der Waals surface area contributed by atoms with E-state index in [9.17, 15) is 4.79 Å². The summed E-state index contributed by atoms with van der Waals surface area (Å²) in [5.41, 5.74) is 0.885. The molecule has 20 heavy (non-hydrogen) atoms. The second kappa shape index (κ2) is 7.30. The lowest BCUT2D eigenvalue weighted by Crippen LogP contribution is -2.40. The van der Waals surface area contributed by atoms with Crippen LogP contribution in [0.3, 0.4) is 0 Å². The highest BCUT2D eigenvalue weighted by Crippen LogP contribution is 2.22. The summed E-state index contributed by atoms with van der Waals surface area (Å²) in [5, 5.41) is 4.02. The summed E-state index contributed by atoms with van der Waals surface area (Å²) in [6, 6.07) is 5.79. The first-order chi connectivity index (χ1) is 9.60. The van der Waals surface area contributed by atoms with Crippen LogP contribution in [0, 0.1) is 0 Å². The van der Waals surface area contributed by atoms with E-state index in [1.165, 1.54) is 12.8 Å². The van der Waals surface area contributed by atoms with Crippen LogP contribution in [0.1, 0.15) is 25.3 Å². The van der Waals surface area contributed by atoms with Crippen molar-refractivity contribution in [3.63, 3.8) is 0 Å². The predicted octanol–water partition coefficient (Wildman–Crippen LogP) is 3.14. The largest absolute Gasteiger partial charge is 0.354 e. The maximum absolute atomic E-state index is 12.0. The van der Waals surface area contributed by atoms with Gasteiger partial charge >= 0.3 is 0 Å². The summed E-state index contributed by atoms with van der Waals surface area (Å²) < 4.78 is 0. The molecule has 1 N–H and O–H groups in total. The lowest BCUT2D eigenvalue weighted by molar-refractivity contribution is -0.120. The van der Waals surface area contributed by atoms with Crippen LogP contribution in [0.4, 0.5) is 0 Å². The van der Waals surface area contributed by atoms with Gasteiger partial charge in [0.05, 0.1) is 16.5 Å². The Morgan fingerprint density at radius 2 is 2.20 bits per heavy atom. The highest BCUT2D eigenvalue weighted by molar-refractivity contribution is 6.42. The fourth-order valence-corrected chi connectivity index (χ4v) is 2.99. The molecule has 1 aromatic rings. The number of nitrogens with zero attached hydrogens (tertiary/aromatic N) is 1. The molecule has 0 aromatic heterocycles. The van der Waals surface area contributed by atoms with Crippen molar-refractivity contribution in [3.05, 3.63) is 33.8 Å². The molecule has 0 aliphatic carbocycles. The van der Waals surface area contributed by atoms with E-state index in [4.69, 9.17) is 23.2 Å². The first kappa shape index (κ1) is 15.6. The van der Waals surface area contributed by atoms with E-state index in [0.29, 0.717) is 22.5 Å². The second-order valence-corrected chi connectivity index (χ2v) is 5.97. The van der Waals surface area contributed by atoms with Crippen LogP contribution in [0.15, 0.2) is 18.2 Å². The molecule has 1 amide bonds. The van der Waals surface area contributed by atoms with E-state index >= 15 is 0 Å². The molecule has 1 atom stereocenters. The lowest BCUT2D eigenvalue weighted by Gasteiger charge is -2.22. The third-order valence-corrected chi connectivity index (χ3v) is 4.53. The highest BCUT2D eigenvalue weighted by atomic mass is 35.5. The average molecular weight is 315 g/mol. The summed E-state index contributed by atoms with van der Waals surface area (Å²) in [4.78, 5) is 14.4. The number of carbonyl (C=O) groups excluding carboxylic acids is 1. The average Bonchev–Trinajstić information content (AvgIpc) is 2.88. The van der Waals surface area contributed by atoms with Crippen molar-refractivity contribution in [2.45, 2.75) is 32.2 Å². The van der Waals surface area contributed by atoms with Crippen LogP contribution >= 0.6 is 23.2 Å². The smallest absolute Gasteiger partial charge is 0.224 e. The zero-order chi connectivity index (χ0) is 14.5. The number of hydrogen-bond donors (Lipinski definition) is 1. The SMILES string of the molecule is CCN1CCCC1CNC(=O)Cc1ccc(Cl)c(Cl)c1. The van der Waals surface area contributed by atoms with Gasteiger partial charge in [0.1, 0.15) is 0 Å². The van der Waals surface area contributed by atoms with E-state index in [-0.39, 0.29) is 5.91 Å². The molecule has 5 heteroatoms. The Hall–Kier alpha value is -0.770. The molecule has 2 rings (SSSR count). The van der Waals surface area contributed by atoms with Gasteiger partial charge in [0, 0.05) is 12.6 Å². The van der Waals surface area contributed by atoms with Crippen LogP contribution in [0.25, 0.3) is 0 Å². The molecule has 1 unspecified atom stereocenters. The van der Waals surface area contributed by atoms with Gasteiger partial charge in [-0.3, -0.25) is 9.69 Å². The molecule has 0 saturated carbocycles. The summed E-state index contributed by atoms with van der Waals surface area (Å²) in [7, 11) is 0. The second-order valence-electron chi connectivity index (χ2n) is 5.15. The van der Waals surface area contributed by atoms with Gasteiger partial charge in [0.25, 0.3) is 0 Å². The quantitative estimate of drug-likeness (QED) is 0.905. The Kier molecular flexibility index (Phi) is 5.70. The van der Waals surface area contributed by atoms with Crippen LogP contribution in [0.2, 0.25) is 10.0 Å². The Morgan fingerprint density at radius 1 is 1.40 bits per heavy atom. The molecule has 1 aliphatic heterocycles. The molecule has 0 bridgehead atoms. The molecular weight excluding hydrogens is 295 g/mol. The highest BCUT2D eigenvalue weighted by Gasteiger charge is 2.23. The molecule has 0 radical (unpaired) electrons. The molecule has 3 nitrogen and oxygen atoms in total. The van der Waals surface area contributed by atoms with Gasteiger partial charge in [0.2, 0.25) is 5.91 Å². The fraction of sp³-hybridized carbons (Fsp3) is 0.533. The van der Waals surface area contributed by atoms with Crippen molar-refractivity contribution >= 4 is 29.1 Å². The van der Waals surface area contributed by atoms with Gasteiger partial charge < -0.3 is 5.32 Å². The summed E-state index contributed by atoms with van der Waals surface area (Å²) in [6.07, 6.45) is 2.73. The molecule has 1 saturated heterocycles.